The van der Waals surface area contributed by atoms with Crippen LogP contribution in [0.2, 0.25) is 0 Å². The summed E-state index contributed by atoms with van der Waals surface area (Å²) in [6.45, 7) is 0. The van der Waals surface area contributed by atoms with Gasteiger partial charge in [-0.2, -0.15) is 0 Å². The van der Waals surface area contributed by atoms with Gasteiger partial charge in [-0.1, -0.05) is 40.2 Å². The van der Waals surface area contributed by atoms with E-state index in [9.17, 15) is 5.11 Å². The number of aliphatic hydroxyl groups is 1. The minimum absolute atomic E-state index is 0.651. The number of nitrogens with zero attached hydrogens (tertiary/aromatic N) is 1. The molecule has 0 aliphatic rings. The number of pyridine rings is 1. The number of aromatic nitrogens is 1. The maximum absolute atomic E-state index is 10.8. The fraction of sp³-hybridized carbons (Fsp3) is 0.118. The molecular weight excluding hydrogens is 330 g/mol. The van der Waals surface area contributed by atoms with Gasteiger partial charge in [0.05, 0.1) is 12.6 Å². The molecule has 1 aromatic heterocycles. The number of hydrogen-bond acceptors (Lipinski definition) is 3. The molecule has 0 aliphatic heterocycles. The van der Waals surface area contributed by atoms with Gasteiger partial charge in [-0.15, -0.1) is 0 Å². The Morgan fingerprint density at radius 3 is 2.76 bits per heavy atom. The first-order valence-corrected chi connectivity index (χ1v) is 7.35. The van der Waals surface area contributed by atoms with Gasteiger partial charge in [-0.25, -0.2) is 0 Å². The van der Waals surface area contributed by atoms with Crippen LogP contribution in [0.3, 0.4) is 0 Å². The number of halogens is 1. The summed E-state index contributed by atoms with van der Waals surface area (Å²) < 4.78 is 6.29. The number of methoxy groups -OCH3 is 1. The van der Waals surface area contributed by atoms with Crippen molar-refractivity contribution in [1.29, 1.82) is 0 Å². The highest BCUT2D eigenvalue weighted by molar-refractivity contribution is 9.10. The van der Waals surface area contributed by atoms with E-state index in [-0.39, 0.29) is 0 Å². The van der Waals surface area contributed by atoms with Gasteiger partial charge in [-0.05, 0) is 29.8 Å². The smallest absolute Gasteiger partial charge is 0.126 e. The van der Waals surface area contributed by atoms with Crippen LogP contribution in [0.5, 0.6) is 5.75 Å². The van der Waals surface area contributed by atoms with Crippen LogP contribution < -0.4 is 4.74 Å². The highest BCUT2D eigenvalue weighted by Crippen LogP contribution is 2.34. The zero-order chi connectivity index (χ0) is 14.8. The monoisotopic (exact) mass is 343 g/mol. The van der Waals surface area contributed by atoms with Crippen LogP contribution in [0.4, 0.5) is 0 Å². The normalized spacial score (nSPS) is 12.3. The molecule has 3 nitrogen and oxygen atoms in total. The lowest BCUT2D eigenvalue weighted by Crippen LogP contribution is -2.03. The molecule has 0 fully saturated rings. The predicted octanol–water partition coefficient (Wildman–Crippen LogP) is 4.09. The molecule has 0 bridgehead atoms. The third-order valence-electron chi connectivity index (χ3n) is 3.46. The molecule has 0 saturated heterocycles. The zero-order valence-electron chi connectivity index (χ0n) is 11.5. The molecule has 2 aromatic carbocycles. The molecule has 21 heavy (non-hydrogen) atoms. The summed E-state index contributed by atoms with van der Waals surface area (Å²) in [5.74, 6) is 0.651. The van der Waals surface area contributed by atoms with E-state index in [4.69, 9.17) is 4.74 Å². The Morgan fingerprint density at radius 2 is 1.95 bits per heavy atom. The Hall–Kier alpha value is -1.91. The second kappa shape index (κ2) is 5.84. The van der Waals surface area contributed by atoms with Gasteiger partial charge in [0.1, 0.15) is 11.9 Å². The highest BCUT2D eigenvalue weighted by Gasteiger charge is 2.18. The Bertz CT molecular complexity index is 783. The van der Waals surface area contributed by atoms with E-state index in [1.807, 2.05) is 48.5 Å². The van der Waals surface area contributed by atoms with Crippen molar-refractivity contribution in [3.05, 3.63) is 70.3 Å². The lowest BCUT2D eigenvalue weighted by Gasteiger charge is -2.17. The van der Waals surface area contributed by atoms with Crippen molar-refractivity contribution in [3.8, 4) is 5.75 Å². The maximum Gasteiger partial charge on any atom is 0.126 e. The number of rotatable bonds is 3. The summed E-state index contributed by atoms with van der Waals surface area (Å²) in [6.07, 6.45) is 0.986. The molecule has 0 saturated carbocycles. The standard InChI is InChI=1S/C17H14BrNO2/c1-21-16-10-11(18)7-8-14(16)17(20)13-4-2-6-15-12(13)5-3-9-19-15/h2-10,17,20H,1H3. The molecule has 3 aromatic rings. The number of benzene rings is 2. The Morgan fingerprint density at radius 1 is 1.10 bits per heavy atom. The van der Waals surface area contributed by atoms with Gasteiger partial charge in [0.25, 0.3) is 0 Å². The van der Waals surface area contributed by atoms with Crippen molar-refractivity contribution >= 4 is 26.8 Å². The van der Waals surface area contributed by atoms with E-state index in [2.05, 4.69) is 20.9 Å². The van der Waals surface area contributed by atoms with Crippen molar-refractivity contribution in [2.45, 2.75) is 6.10 Å². The average molecular weight is 344 g/mol. The molecule has 0 aliphatic carbocycles. The first-order chi connectivity index (χ1) is 10.2. The SMILES string of the molecule is COc1cc(Br)ccc1C(O)c1cccc2ncccc12. The van der Waals surface area contributed by atoms with Crippen molar-refractivity contribution in [2.24, 2.45) is 0 Å². The van der Waals surface area contributed by atoms with Crippen LogP contribution in [-0.4, -0.2) is 17.2 Å². The predicted molar refractivity (Wildman–Crippen MR) is 86.5 cm³/mol. The second-order valence-electron chi connectivity index (χ2n) is 4.71. The zero-order valence-corrected chi connectivity index (χ0v) is 13.0. The average Bonchev–Trinajstić information content (AvgIpc) is 2.53. The van der Waals surface area contributed by atoms with Crippen LogP contribution >= 0.6 is 15.9 Å². The van der Waals surface area contributed by atoms with E-state index < -0.39 is 6.10 Å². The van der Waals surface area contributed by atoms with E-state index in [1.54, 1.807) is 13.3 Å². The van der Waals surface area contributed by atoms with Crippen molar-refractivity contribution < 1.29 is 9.84 Å². The first-order valence-electron chi connectivity index (χ1n) is 6.56. The van der Waals surface area contributed by atoms with E-state index >= 15 is 0 Å². The van der Waals surface area contributed by atoms with E-state index in [0.717, 1.165) is 26.5 Å². The maximum atomic E-state index is 10.8. The van der Waals surface area contributed by atoms with E-state index in [1.165, 1.54) is 0 Å². The number of fused-ring (bicyclic) bond motifs is 1. The van der Waals surface area contributed by atoms with Crippen LogP contribution in [0.1, 0.15) is 17.2 Å². The third kappa shape index (κ3) is 2.64. The minimum atomic E-state index is -0.763. The number of aliphatic hydroxyl groups excluding tert-OH is 1. The minimum Gasteiger partial charge on any atom is -0.496 e. The van der Waals surface area contributed by atoms with Crippen molar-refractivity contribution in [2.75, 3.05) is 7.11 Å². The van der Waals surface area contributed by atoms with Crippen LogP contribution in [0, 0.1) is 0 Å². The fourth-order valence-electron chi connectivity index (χ4n) is 2.44. The summed E-state index contributed by atoms with van der Waals surface area (Å²) in [5, 5.41) is 11.7. The molecule has 0 spiro atoms. The molecule has 1 unspecified atom stereocenters. The lowest BCUT2D eigenvalue weighted by atomic mass is 9.97. The van der Waals surface area contributed by atoms with Crippen LogP contribution in [-0.2, 0) is 0 Å². The fourth-order valence-corrected chi connectivity index (χ4v) is 2.78. The molecule has 0 radical (unpaired) electrons. The summed E-state index contributed by atoms with van der Waals surface area (Å²) in [6, 6.07) is 15.2. The Labute approximate surface area is 131 Å². The summed E-state index contributed by atoms with van der Waals surface area (Å²) in [4.78, 5) is 4.32. The van der Waals surface area contributed by atoms with Gasteiger partial charge in [0, 0.05) is 21.6 Å². The van der Waals surface area contributed by atoms with Gasteiger partial charge in [0.2, 0.25) is 0 Å². The Balaban J connectivity index is 2.15. The molecular formula is C17H14BrNO2. The molecule has 1 heterocycles. The second-order valence-corrected chi connectivity index (χ2v) is 5.62. The summed E-state index contributed by atoms with van der Waals surface area (Å²) in [7, 11) is 1.60. The highest BCUT2D eigenvalue weighted by atomic mass is 79.9. The molecule has 106 valence electrons. The molecule has 1 atom stereocenters. The summed E-state index contributed by atoms with van der Waals surface area (Å²) >= 11 is 3.41. The van der Waals surface area contributed by atoms with Gasteiger partial charge >= 0.3 is 0 Å². The molecule has 4 heteroatoms. The van der Waals surface area contributed by atoms with Gasteiger partial charge in [-0.3, -0.25) is 4.98 Å². The van der Waals surface area contributed by atoms with Crippen LogP contribution in [0.25, 0.3) is 10.9 Å². The van der Waals surface area contributed by atoms with Crippen LogP contribution in [0.15, 0.2) is 59.2 Å². The molecule has 3 rings (SSSR count). The Kier molecular flexibility index (Phi) is 3.90. The lowest BCUT2D eigenvalue weighted by molar-refractivity contribution is 0.216. The largest absolute Gasteiger partial charge is 0.496 e. The summed E-state index contributed by atoms with van der Waals surface area (Å²) in [5.41, 5.74) is 2.42. The van der Waals surface area contributed by atoms with Gasteiger partial charge in [0.15, 0.2) is 0 Å². The number of ether oxygens (including phenoxy) is 1. The molecule has 0 amide bonds. The first kappa shape index (κ1) is 14.0. The topological polar surface area (TPSA) is 42.4 Å². The molecule has 1 N–H and O–H groups in total. The number of hydrogen-bond donors (Lipinski definition) is 1. The van der Waals surface area contributed by atoms with Crippen molar-refractivity contribution in [1.82, 2.24) is 4.98 Å². The van der Waals surface area contributed by atoms with E-state index in [0.29, 0.717) is 5.75 Å². The quantitative estimate of drug-likeness (QED) is 0.778. The third-order valence-corrected chi connectivity index (χ3v) is 3.96. The van der Waals surface area contributed by atoms with Gasteiger partial charge < -0.3 is 9.84 Å². The van der Waals surface area contributed by atoms with Crippen molar-refractivity contribution in [3.63, 3.8) is 0 Å².